The largest absolute Gasteiger partial charge is 0.339 e. The first kappa shape index (κ1) is 23.2. The van der Waals surface area contributed by atoms with E-state index in [1.54, 1.807) is 11.0 Å². The number of rotatable bonds is 7. The Balaban J connectivity index is 1.43. The third-order valence-electron chi connectivity index (χ3n) is 4.79. The SMILES string of the molecule is Cc1cccc(NC(=O)CSCC(=O)N2CCN(S(=O)(=O)c3cccc(F)c3)CC2)c1. The summed E-state index contributed by atoms with van der Waals surface area (Å²) < 4.78 is 39.9. The molecule has 0 spiro atoms. The Kier molecular flexibility index (Phi) is 7.69. The van der Waals surface area contributed by atoms with Crippen molar-refractivity contribution >= 4 is 39.3 Å². The molecule has 7 nitrogen and oxygen atoms in total. The third kappa shape index (κ3) is 6.28. The molecule has 2 aromatic carbocycles. The summed E-state index contributed by atoms with van der Waals surface area (Å²) in [6.45, 7) is 2.73. The molecule has 0 bridgehead atoms. The van der Waals surface area contributed by atoms with Crippen molar-refractivity contribution in [2.24, 2.45) is 0 Å². The fourth-order valence-corrected chi connectivity index (χ4v) is 5.37. The summed E-state index contributed by atoms with van der Waals surface area (Å²) in [6, 6.07) is 12.4. The molecule has 1 fully saturated rings. The van der Waals surface area contributed by atoms with Gasteiger partial charge in [0.1, 0.15) is 5.82 Å². The second-order valence-corrected chi connectivity index (χ2v) is 10.1. The van der Waals surface area contributed by atoms with Gasteiger partial charge in [-0.1, -0.05) is 18.2 Å². The number of nitrogens with zero attached hydrogens (tertiary/aromatic N) is 2. The summed E-state index contributed by atoms with van der Waals surface area (Å²) in [4.78, 5) is 25.9. The summed E-state index contributed by atoms with van der Waals surface area (Å²) in [5, 5.41) is 2.79. The standard InChI is InChI=1S/C21H24FN3O4S2/c1-16-4-2-6-18(12-16)23-20(26)14-30-15-21(27)24-8-10-25(11-9-24)31(28,29)19-7-3-5-17(22)13-19/h2-7,12-13H,8-11,14-15H2,1H3,(H,23,26). The average molecular weight is 466 g/mol. The Bertz CT molecular complexity index is 1050. The molecule has 2 amide bonds. The lowest BCUT2D eigenvalue weighted by atomic mass is 10.2. The summed E-state index contributed by atoms with van der Waals surface area (Å²) in [6.07, 6.45) is 0. The minimum absolute atomic E-state index is 0.0949. The first-order valence-electron chi connectivity index (χ1n) is 9.73. The van der Waals surface area contributed by atoms with Gasteiger partial charge in [-0.2, -0.15) is 4.31 Å². The molecule has 1 aliphatic rings. The minimum atomic E-state index is -3.80. The predicted octanol–water partition coefficient (Wildman–Crippen LogP) is 2.34. The Morgan fingerprint density at radius 3 is 2.42 bits per heavy atom. The summed E-state index contributed by atoms with van der Waals surface area (Å²) in [5.41, 5.74) is 1.76. The number of carbonyl (C=O) groups excluding carboxylic acids is 2. The van der Waals surface area contributed by atoms with Crippen LogP contribution in [-0.2, 0) is 19.6 Å². The summed E-state index contributed by atoms with van der Waals surface area (Å²) in [7, 11) is -3.80. The number of benzene rings is 2. The lowest BCUT2D eigenvalue weighted by Gasteiger charge is -2.34. The Hall–Kier alpha value is -2.43. The molecule has 0 saturated carbocycles. The summed E-state index contributed by atoms with van der Waals surface area (Å²) >= 11 is 1.21. The highest BCUT2D eigenvalue weighted by molar-refractivity contribution is 8.00. The Labute approximate surface area is 185 Å². The topological polar surface area (TPSA) is 86.8 Å². The molecule has 31 heavy (non-hydrogen) atoms. The second-order valence-electron chi connectivity index (χ2n) is 7.15. The van der Waals surface area contributed by atoms with Crippen molar-refractivity contribution in [1.29, 1.82) is 0 Å². The van der Waals surface area contributed by atoms with Gasteiger partial charge in [-0.25, -0.2) is 12.8 Å². The molecule has 2 aromatic rings. The number of piperazine rings is 1. The highest BCUT2D eigenvalue weighted by Crippen LogP contribution is 2.19. The number of anilines is 1. The molecule has 1 heterocycles. The molecule has 1 N–H and O–H groups in total. The van der Waals surface area contributed by atoms with Crippen LogP contribution in [0.25, 0.3) is 0 Å². The van der Waals surface area contributed by atoms with E-state index in [2.05, 4.69) is 5.32 Å². The van der Waals surface area contributed by atoms with Gasteiger partial charge in [0.05, 0.1) is 16.4 Å². The zero-order valence-electron chi connectivity index (χ0n) is 17.1. The number of aryl methyl sites for hydroxylation is 1. The van der Waals surface area contributed by atoms with Crippen LogP contribution in [0.1, 0.15) is 5.56 Å². The molecule has 166 valence electrons. The molecular weight excluding hydrogens is 441 g/mol. The number of halogens is 1. The van der Waals surface area contributed by atoms with Crippen molar-refractivity contribution < 1.29 is 22.4 Å². The van der Waals surface area contributed by atoms with Gasteiger partial charge in [0, 0.05) is 31.9 Å². The molecule has 0 aliphatic carbocycles. The number of nitrogens with one attached hydrogen (secondary N) is 1. The van der Waals surface area contributed by atoms with E-state index in [1.165, 1.54) is 34.3 Å². The van der Waals surface area contributed by atoms with E-state index in [4.69, 9.17) is 0 Å². The first-order chi connectivity index (χ1) is 14.8. The number of hydrogen-bond acceptors (Lipinski definition) is 5. The van der Waals surface area contributed by atoms with Crippen molar-refractivity contribution in [2.75, 3.05) is 43.0 Å². The van der Waals surface area contributed by atoms with E-state index in [1.807, 2.05) is 25.1 Å². The molecule has 1 saturated heterocycles. The molecule has 0 atom stereocenters. The van der Waals surface area contributed by atoms with Gasteiger partial charge in [0.15, 0.2) is 0 Å². The van der Waals surface area contributed by atoms with Crippen molar-refractivity contribution in [3.05, 3.63) is 59.9 Å². The molecule has 0 radical (unpaired) electrons. The first-order valence-corrected chi connectivity index (χ1v) is 12.3. The van der Waals surface area contributed by atoms with Crippen LogP contribution in [0.4, 0.5) is 10.1 Å². The van der Waals surface area contributed by atoms with Crippen molar-refractivity contribution in [1.82, 2.24) is 9.21 Å². The fourth-order valence-electron chi connectivity index (χ4n) is 3.20. The van der Waals surface area contributed by atoms with Gasteiger partial charge in [-0.3, -0.25) is 9.59 Å². The summed E-state index contributed by atoms with van der Waals surface area (Å²) in [5.74, 6) is -0.658. The minimum Gasteiger partial charge on any atom is -0.339 e. The van der Waals surface area contributed by atoms with E-state index >= 15 is 0 Å². The van der Waals surface area contributed by atoms with Gasteiger partial charge in [-0.05, 0) is 42.8 Å². The molecule has 0 aromatic heterocycles. The van der Waals surface area contributed by atoms with Crippen LogP contribution in [0.3, 0.4) is 0 Å². The number of thioether (sulfide) groups is 1. The quantitative estimate of drug-likeness (QED) is 0.678. The fraction of sp³-hybridized carbons (Fsp3) is 0.333. The molecular formula is C21H24FN3O4S2. The lowest BCUT2D eigenvalue weighted by molar-refractivity contribution is -0.129. The van der Waals surface area contributed by atoms with Crippen LogP contribution >= 0.6 is 11.8 Å². The van der Waals surface area contributed by atoms with Crippen molar-refractivity contribution in [3.8, 4) is 0 Å². The van der Waals surface area contributed by atoms with E-state index in [-0.39, 0.29) is 54.4 Å². The Morgan fingerprint density at radius 2 is 1.74 bits per heavy atom. The highest BCUT2D eigenvalue weighted by atomic mass is 32.2. The van der Waals surface area contributed by atoms with E-state index in [9.17, 15) is 22.4 Å². The van der Waals surface area contributed by atoms with Crippen LogP contribution in [0.2, 0.25) is 0 Å². The average Bonchev–Trinajstić information content (AvgIpc) is 2.74. The van der Waals surface area contributed by atoms with Crippen LogP contribution in [0, 0.1) is 12.7 Å². The number of amides is 2. The van der Waals surface area contributed by atoms with Crippen LogP contribution in [0.15, 0.2) is 53.4 Å². The normalized spacial score (nSPS) is 15.0. The van der Waals surface area contributed by atoms with Crippen LogP contribution < -0.4 is 5.32 Å². The van der Waals surface area contributed by atoms with E-state index < -0.39 is 15.8 Å². The molecule has 0 unspecified atom stereocenters. The van der Waals surface area contributed by atoms with E-state index in [0.717, 1.165) is 11.6 Å². The lowest BCUT2D eigenvalue weighted by Crippen LogP contribution is -2.51. The molecule has 1 aliphatic heterocycles. The number of sulfonamides is 1. The smallest absolute Gasteiger partial charge is 0.243 e. The van der Waals surface area contributed by atoms with Gasteiger partial charge in [-0.15, -0.1) is 11.8 Å². The third-order valence-corrected chi connectivity index (χ3v) is 7.60. The maximum absolute atomic E-state index is 13.4. The predicted molar refractivity (Wildman–Crippen MR) is 119 cm³/mol. The number of hydrogen-bond donors (Lipinski definition) is 1. The zero-order valence-corrected chi connectivity index (χ0v) is 18.7. The monoisotopic (exact) mass is 465 g/mol. The van der Waals surface area contributed by atoms with E-state index in [0.29, 0.717) is 5.69 Å². The Morgan fingerprint density at radius 1 is 1.03 bits per heavy atom. The molecule has 3 rings (SSSR count). The van der Waals surface area contributed by atoms with Crippen LogP contribution in [0.5, 0.6) is 0 Å². The van der Waals surface area contributed by atoms with Gasteiger partial charge in [0.25, 0.3) is 0 Å². The van der Waals surface area contributed by atoms with Crippen molar-refractivity contribution in [2.45, 2.75) is 11.8 Å². The van der Waals surface area contributed by atoms with Gasteiger partial charge in [0.2, 0.25) is 21.8 Å². The highest BCUT2D eigenvalue weighted by Gasteiger charge is 2.30. The molecule has 10 heteroatoms. The second kappa shape index (κ2) is 10.3. The maximum atomic E-state index is 13.4. The maximum Gasteiger partial charge on any atom is 0.243 e. The van der Waals surface area contributed by atoms with Crippen LogP contribution in [-0.4, -0.2) is 67.1 Å². The van der Waals surface area contributed by atoms with Gasteiger partial charge < -0.3 is 10.2 Å². The zero-order chi connectivity index (χ0) is 22.4. The number of carbonyl (C=O) groups is 2. The van der Waals surface area contributed by atoms with Crippen molar-refractivity contribution in [3.63, 3.8) is 0 Å². The van der Waals surface area contributed by atoms with Gasteiger partial charge >= 0.3 is 0 Å².